The van der Waals surface area contributed by atoms with Crippen molar-refractivity contribution >= 4 is 33.8 Å². The SMILES string of the molecule is O=C1CC2(CCN(c3nccs3)CC2)c2ccccc2N1c1cccnc1. The molecular weight excluding hydrogens is 356 g/mol. The van der Waals surface area contributed by atoms with Crippen molar-refractivity contribution in [2.75, 3.05) is 22.9 Å². The summed E-state index contributed by atoms with van der Waals surface area (Å²) in [6.45, 7) is 1.87. The van der Waals surface area contributed by atoms with Crippen LogP contribution < -0.4 is 9.80 Å². The number of pyridine rings is 1. The lowest BCUT2D eigenvalue weighted by atomic mass is 9.67. The highest BCUT2D eigenvalue weighted by atomic mass is 32.1. The summed E-state index contributed by atoms with van der Waals surface area (Å²) in [5.74, 6) is 0.157. The fourth-order valence-corrected chi connectivity index (χ4v) is 5.13. The van der Waals surface area contributed by atoms with Crippen molar-refractivity contribution in [3.8, 4) is 0 Å². The van der Waals surface area contributed by atoms with E-state index in [4.69, 9.17) is 0 Å². The molecule has 0 aliphatic carbocycles. The van der Waals surface area contributed by atoms with E-state index in [0.717, 1.165) is 42.4 Å². The Morgan fingerprint density at radius 3 is 2.63 bits per heavy atom. The number of piperidine rings is 1. The molecule has 1 saturated heterocycles. The van der Waals surface area contributed by atoms with Crippen LogP contribution in [0.15, 0.2) is 60.4 Å². The summed E-state index contributed by atoms with van der Waals surface area (Å²) in [7, 11) is 0. The Hall–Kier alpha value is -2.73. The Balaban J connectivity index is 1.51. The van der Waals surface area contributed by atoms with Crippen LogP contribution in [0, 0.1) is 0 Å². The van der Waals surface area contributed by atoms with E-state index in [9.17, 15) is 4.79 Å². The number of benzene rings is 1. The maximum absolute atomic E-state index is 13.2. The first kappa shape index (κ1) is 16.4. The number of hydrogen-bond donors (Lipinski definition) is 0. The van der Waals surface area contributed by atoms with Crippen LogP contribution in [0.5, 0.6) is 0 Å². The summed E-state index contributed by atoms with van der Waals surface area (Å²) in [5, 5.41) is 3.10. The molecule has 2 aliphatic heterocycles. The molecule has 3 aromatic rings. The lowest BCUT2D eigenvalue weighted by molar-refractivity contribution is -0.119. The van der Waals surface area contributed by atoms with E-state index in [1.165, 1.54) is 5.56 Å². The summed E-state index contributed by atoms with van der Waals surface area (Å²) in [5.41, 5.74) is 3.04. The van der Waals surface area contributed by atoms with Gasteiger partial charge < -0.3 is 4.90 Å². The summed E-state index contributed by atoms with van der Waals surface area (Å²) in [6, 6.07) is 12.2. The summed E-state index contributed by atoms with van der Waals surface area (Å²) in [6.07, 6.45) is 7.84. The largest absolute Gasteiger partial charge is 0.348 e. The molecule has 0 bridgehead atoms. The van der Waals surface area contributed by atoms with Gasteiger partial charge in [0, 0.05) is 42.7 Å². The minimum absolute atomic E-state index is 0.0832. The van der Waals surface area contributed by atoms with Crippen LogP contribution >= 0.6 is 11.3 Å². The Kier molecular flexibility index (Phi) is 3.93. The standard InChI is InChI=1S/C21H20N4OS/c26-19-14-21(7-11-24(12-8-21)20-23-10-13-27-20)17-5-1-2-6-18(17)25(19)16-4-3-9-22-15-16/h1-6,9-10,13,15H,7-8,11-12,14H2. The topological polar surface area (TPSA) is 49.3 Å². The number of thiazole rings is 1. The molecule has 0 atom stereocenters. The van der Waals surface area contributed by atoms with E-state index < -0.39 is 0 Å². The normalized spacial score (nSPS) is 18.6. The fraction of sp³-hybridized carbons (Fsp3) is 0.286. The number of fused-ring (bicyclic) bond motifs is 2. The Bertz CT molecular complexity index is 949. The highest BCUT2D eigenvalue weighted by molar-refractivity contribution is 7.13. The first-order valence-electron chi connectivity index (χ1n) is 9.24. The molecule has 5 nitrogen and oxygen atoms in total. The third-order valence-corrected chi connectivity index (χ3v) is 6.60. The first-order chi connectivity index (χ1) is 13.3. The van der Waals surface area contributed by atoms with Gasteiger partial charge in [0.1, 0.15) is 0 Å². The maximum Gasteiger partial charge on any atom is 0.232 e. The van der Waals surface area contributed by atoms with Gasteiger partial charge >= 0.3 is 0 Å². The predicted molar refractivity (Wildman–Crippen MR) is 108 cm³/mol. The minimum Gasteiger partial charge on any atom is -0.348 e. The molecule has 4 heterocycles. The summed E-state index contributed by atoms with van der Waals surface area (Å²) >= 11 is 1.68. The Labute approximate surface area is 162 Å². The van der Waals surface area contributed by atoms with Crippen LogP contribution in [0.2, 0.25) is 0 Å². The highest BCUT2D eigenvalue weighted by Gasteiger charge is 2.45. The number of para-hydroxylation sites is 1. The molecule has 1 fully saturated rings. The monoisotopic (exact) mass is 376 g/mol. The fourth-order valence-electron chi connectivity index (χ4n) is 4.43. The third-order valence-electron chi connectivity index (χ3n) is 5.77. The molecule has 1 amide bonds. The van der Waals surface area contributed by atoms with Gasteiger partial charge in [-0.15, -0.1) is 11.3 Å². The van der Waals surface area contributed by atoms with Gasteiger partial charge in [-0.25, -0.2) is 4.98 Å². The van der Waals surface area contributed by atoms with Crippen molar-refractivity contribution in [3.63, 3.8) is 0 Å². The highest BCUT2D eigenvalue weighted by Crippen LogP contribution is 2.49. The van der Waals surface area contributed by atoms with Gasteiger partial charge in [0.05, 0.1) is 17.6 Å². The molecule has 2 aromatic heterocycles. The number of carbonyl (C=O) groups is 1. The number of anilines is 3. The molecule has 1 spiro atoms. The molecule has 2 aliphatic rings. The molecule has 1 aromatic carbocycles. The van der Waals surface area contributed by atoms with Gasteiger partial charge in [0.25, 0.3) is 0 Å². The number of amides is 1. The van der Waals surface area contributed by atoms with Crippen LogP contribution in [0.3, 0.4) is 0 Å². The Morgan fingerprint density at radius 1 is 1.04 bits per heavy atom. The number of carbonyl (C=O) groups excluding carboxylic acids is 1. The third kappa shape index (κ3) is 2.72. The van der Waals surface area contributed by atoms with Gasteiger partial charge in [-0.1, -0.05) is 18.2 Å². The average molecular weight is 376 g/mol. The Morgan fingerprint density at radius 2 is 1.89 bits per heavy atom. The predicted octanol–water partition coefficient (Wildman–Crippen LogP) is 4.14. The van der Waals surface area contributed by atoms with Gasteiger partial charge in [-0.05, 0) is 36.6 Å². The molecule has 136 valence electrons. The lowest BCUT2D eigenvalue weighted by Crippen LogP contribution is -2.49. The smallest absolute Gasteiger partial charge is 0.232 e. The second-order valence-electron chi connectivity index (χ2n) is 7.22. The van der Waals surface area contributed by atoms with Crippen molar-refractivity contribution in [1.82, 2.24) is 9.97 Å². The van der Waals surface area contributed by atoms with Gasteiger partial charge in [0.2, 0.25) is 5.91 Å². The zero-order valence-corrected chi connectivity index (χ0v) is 15.7. The zero-order chi connectivity index (χ0) is 18.3. The molecular formula is C21H20N4OS. The quantitative estimate of drug-likeness (QED) is 0.674. The molecule has 6 heteroatoms. The second kappa shape index (κ2) is 6.46. The van der Waals surface area contributed by atoms with Crippen molar-refractivity contribution in [2.24, 2.45) is 0 Å². The molecule has 27 heavy (non-hydrogen) atoms. The first-order valence-corrected chi connectivity index (χ1v) is 10.1. The van der Waals surface area contributed by atoms with Crippen LogP contribution in [0.4, 0.5) is 16.5 Å². The number of hydrogen-bond acceptors (Lipinski definition) is 5. The minimum atomic E-state index is -0.0832. The average Bonchev–Trinajstić information content (AvgIpc) is 3.24. The van der Waals surface area contributed by atoms with Crippen LogP contribution in [-0.2, 0) is 10.2 Å². The van der Waals surface area contributed by atoms with E-state index >= 15 is 0 Å². The summed E-state index contributed by atoms with van der Waals surface area (Å²) in [4.78, 5) is 26.0. The van der Waals surface area contributed by atoms with E-state index in [1.807, 2.05) is 34.7 Å². The zero-order valence-electron chi connectivity index (χ0n) is 14.9. The van der Waals surface area contributed by atoms with Gasteiger partial charge in [-0.2, -0.15) is 0 Å². The molecule has 5 rings (SSSR count). The van der Waals surface area contributed by atoms with Crippen molar-refractivity contribution in [3.05, 3.63) is 65.9 Å². The number of aromatic nitrogens is 2. The van der Waals surface area contributed by atoms with Crippen LogP contribution in [-0.4, -0.2) is 29.0 Å². The van der Waals surface area contributed by atoms with E-state index in [-0.39, 0.29) is 11.3 Å². The molecule has 0 N–H and O–H groups in total. The van der Waals surface area contributed by atoms with Crippen molar-refractivity contribution < 1.29 is 4.79 Å². The number of nitrogens with zero attached hydrogens (tertiary/aromatic N) is 4. The second-order valence-corrected chi connectivity index (χ2v) is 8.09. The lowest BCUT2D eigenvalue weighted by Gasteiger charge is -2.47. The number of rotatable bonds is 2. The van der Waals surface area contributed by atoms with Gasteiger partial charge in [0.15, 0.2) is 5.13 Å². The van der Waals surface area contributed by atoms with E-state index in [1.54, 1.807) is 23.7 Å². The van der Waals surface area contributed by atoms with Crippen molar-refractivity contribution in [1.29, 1.82) is 0 Å². The maximum atomic E-state index is 13.2. The van der Waals surface area contributed by atoms with Crippen molar-refractivity contribution in [2.45, 2.75) is 24.7 Å². The van der Waals surface area contributed by atoms with Crippen LogP contribution in [0.1, 0.15) is 24.8 Å². The molecule has 0 unspecified atom stereocenters. The van der Waals surface area contributed by atoms with Crippen LogP contribution in [0.25, 0.3) is 0 Å². The van der Waals surface area contributed by atoms with E-state index in [2.05, 4.69) is 33.1 Å². The van der Waals surface area contributed by atoms with Gasteiger partial charge in [-0.3, -0.25) is 14.7 Å². The van der Waals surface area contributed by atoms with E-state index in [0.29, 0.717) is 6.42 Å². The molecule has 0 saturated carbocycles. The molecule has 0 radical (unpaired) electrons. The summed E-state index contributed by atoms with van der Waals surface area (Å²) < 4.78 is 0.